The van der Waals surface area contributed by atoms with Gasteiger partial charge in [0.25, 0.3) is 0 Å². The van der Waals surface area contributed by atoms with Crippen molar-refractivity contribution >= 4 is 9.84 Å². The van der Waals surface area contributed by atoms with Crippen LogP contribution < -0.4 is 11.3 Å². The Balaban J connectivity index is 2.39. The first-order valence-corrected chi connectivity index (χ1v) is 8.10. The van der Waals surface area contributed by atoms with Gasteiger partial charge in [-0.15, -0.1) is 0 Å². The molecule has 0 aliphatic heterocycles. The molecule has 0 radical (unpaired) electrons. The fourth-order valence-electron chi connectivity index (χ4n) is 1.84. The lowest BCUT2D eigenvalue weighted by Crippen LogP contribution is -2.37. The molecule has 1 unspecified atom stereocenters. The van der Waals surface area contributed by atoms with Gasteiger partial charge in [0.1, 0.15) is 9.84 Å². The highest BCUT2D eigenvalue weighted by Crippen LogP contribution is 2.08. The summed E-state index contributed by atoms with van der Waals surface area (Å²) in [6.07, 6.45) is 2.24. The first-order chi connectivity index (χ1) is 8.57. The second kappa shape index (κ2) is 7.51. The number of sulfone groups is 1. The van der Waals surface area contributed by atoms with E-state index in [9.17, 15) is 8.42 Å². The van der Waals surface area contributed by atoms with E-state index < -0.39 is 9.84 Å². The minimum atomic E-state index is -2.86. The first kappa shape index (κ1) is 15.1. The Hall–Kier alpha value is -0.910. The average Bonchev–Trinajstić information content (AvgIpc) is 2.38. The lowest BCUT2D eigenvalue weighted by atomic mass is 10.0. The molecule has 0 amide bonds. The third-order valence-corrected chi connectivity index (χ3v) is 4.80. The summed E-state index contributed by atoms with van der Waals surface area (Å²) in [4.78, 5) is 0. The number of hydrazine groups is 1. The molecule has 0 aromatic heterocycles. The summed E-state index contributed by atoms with van der Waals surface area (Å²) in [7, 11) is -2.86. The van der Waals surface area contributed by atoms with Crippen LogP contribution in [0.4, 0.5) is 0 Å². The van der Waals surface area contributed by atoms with Crippen LogP contribution >= 0.6 is 0 Å². The van der Waals surface area contributed by atoms with Crippen LogP contribution in [0.1, 0.15) is 25.3 Å². The van der Waals surface area contributed by atoms with E-state index in [2.05, 4.69) is 5.43 Å². The fraction of sp³-hybridized carbons (Fsp3) is 0.538. The van der Waals surface area contributed by atoms with Gasteiger partial charge in [-0.2, -0.15) is 0 Å². The minimum Gasteiger partial charge on any atom is -0.271 e. The lowest BCUT2D eigenvalue weighted by molar-refractivity contribution is 0.484. The van der Waals surface area contributed by atoms with Crippen LogP contribution in [0.5, 0.6) is 0 Å². The van der Waals surface area contributed by atoms with Gasteiger partial charge in [-0.05, 0) is 24.8 Å². The number of hydrogen-bond acceptors (Lipinski definition) is 4. The number of nitrogens with two attached hydrogens (primary N) is 1. The highest BCUT2D eigenvalue weighted by atomic mass is 32.2. The molecule has 18 heavy (non-hydrogen) atoms. The highest BCUT2D eigenvalue weighted by Gasteiger charge is 2.11. The van der Waals surface area contributed by atoms with Gasteiger partial charge in [0.15, 0.2) is 0 Å². The Morgan fingerprint density at radius 2 is 1.94 bits per heavy atom. The van der Waals surface area contributed by atoms with Crippen molar-refractivity contribution in [3.8, 4) is 0 Å². The molecule has 102 valence electrons. The van der Waals surface area contributed by atoms with Crippen molar-refractivity contribution in [2.75, 3.05) is 11.5 Å². The van der Waals surface area contributed by atoms with Gasteiger partial charge >= 0.3 is 0 Å². The number of nitrogens with one attached hydrogen (secondary N) is 1. The second-order valence-electron chi connectivity index (χ2n) is 4.43. The largest absolute Gasteiger partial charge is 0.271 e. The van der Waals surface area contributed by atoms with E-state index in [-0.39, 0.29) is 17.5 Å². The van der Waals surface area contributed by atoms with Crippen LogP contribution in [0.2, 0.25) is 0 Å². The molecule has 0 saturated carbocycles. The molecule has 1 rings (SSSR count). The van der Waals surface area contributed by atoms with Gasteiger partial charge in [-0.1, -0.05) is 37.3 Å². The van der Waals surface area contributed by atoms with E-state index in [1.54, 1.807) is 6.92 Å². The highest BCUT2D eigenvalue weighted by molar-refractivity contribution is 7.91. The van der Waals surface area contributed by atoms with Crippen molar-refractivity contribution in [3.05, 3.63) is 35.9 Å². The van der Waals surface area contributed by atoms with E-state index in [0.29, 0.717) is 6.42 Å². The SMILES string of the molecule is CCS(=O)(=O)CCCC(Cc1ccccc1)NN. The molecule has 0 fully saturated rings. The normalized spacial score (nSPS) is 13.4. The molecule has 1 aromatic carbocycles. The maximum Gasteiger partial charge on any atom is 0.150 e. The third-order valence-electron chi connectivity index (χ3n) is 3.01. The summed E-state index contributed by atoms with van der Waals surface area (Å²) < 4.78 is 22.8. The molecule has 3 N–H and O–H groups in total. The maximum atomic E-state index is 11.4. The molecule has 4 nitrogen and oxygen atoms in total. The predicted molar refractivity (Wildman–Crippen MR) is 74.8 cm³/mol. The van der Waals surface area contributed by atoms with Crippen LogP contribution in [-0.4, -0.2) is 26.0 Å². The Labute approximate surface area is 109 Å². The van der Waals surface area contributed by atoms with Gasteiger partial charge < -0.3 is 0 Å². The molecule has 5 heteroatoms. The van der Waals surface area contributed by atoms with Crippen molar-refractivity contribution in [1.82, 2.24) is 5.43 Å². The van der Waals surface area contributed by atoms with Crippen LogP contribution in [0, 0.1) is 0 Å². The Morgan fingerprint density at radius 1 is 1.28 bits per heavy atom. The van der Waals surface area contributed by atoms with E-state index in [1.165, 1.54) is 5.56 Å². The summed E-state index contributed by atoms with van der Waals surface area (Å²) in [5.41, 5.74) is 3.97. The molecule has 1 aromatic rings. The van der Waals surface area contributed by atoms with Gasteiger partial charge in [-0.3, -0.25) is 11.3 Å². The van der Waals surface area contributed by atoms with Gasteiger partial charge in [-0.25, -0.2) is 8.42 Å². The van der Waals surface area contributed by atoms with Crippen LogP contribution in [0.3, 0.4) is 0 Å². The Bertz CT molecular complexity index is 432. The van der Waals surface area contributed by atoms with E-state index in [0.717, 1.165) is 12.8 Å². The molecular weight excluding hydrogens is 248 g/mol. The van der Waals surface area contributed by atoms with Crippen molar-refractivity contribution < 1.29 is 8.42 Å². The zero-order valence-corrected chi connectivity index (χ0v) is 11.6. The van der Waals surface area contributed by atoms with Gasteiger partial charge in [0.2, 0.25) is 0 Å². The monoisotopic (exact) mass is 270 g/mol. The van der Waals surface area contributed by atoms with E-state index in [1.807, 2.05) is 30.3 Å². The summed E-state index contributed by atoms with van der Waals surface area (Å²) in [6.45, 7) is 1.68. The molecule has 0 saturated heterocycles. The standard InChI is InChI=1S/C13H22N2O2S/c1-2-18(16,17)10-6-9-13(15-14)11-12-7-4-3-5-8-12/h3-5,7-8,13,15H,2,6,9-11,14H2,1H3. The maximum absolute atomic E-state index is 11.4. The van der Waals surface area contributed by atoms with Crippen LogP contribution in [-0.2, 0) is 16.3 Å². The van der Waals surface area contributed by atoms with Crippen molar-refractivity contribution in [1.29, 1.82) is 0 Å². The molecular formula is C13H22N2O2S. The average molecular weight is 270 g/mol. The van der Waals surface area contributed by atoms with Crippen LogP contribution in [0.15, 0.2) is 30.3 Å². The quantitative estimate of drug-likeness (QED) is 0.551. The van der Waals surface area contributed by atoms with Crippen molar-refractivity contribution in [3.63, 3.8) is 0 Å². The zero-order valence-electron chi connectivity index (χ0n) is 10.8. The smallest absolute Gasteiger partial charge is 0.150 e. The van der Waals surface area contributed by atoms with E-state index in [4.69, 9.17) is 5.84 Å². The first-order valence-electron chi connectivity index (χ1n) is 6.28. The Kier molecular flexibility index (Phi) is 6.32. The minimum absolute atomic E-state index is 0.124. The van der Waals surface area contributed by atoms with Crippen molar-refractivity contribution in [2.24, 2.45) is 5.84 Å². The number of benzene rings is 1. The number of hydrogen-bond donors (Lipinski definition) is 2. The molecule has 0 spiro atoms. The summed E-state index contributed by atoms with van der Waals surface area (Å²) in [5.74, 6) is 5.96. The molecule has 1 atom stereocenters. The Morgan fingerprint density at radius 3 is 2.50 bits per heavy atom. The molecule has 0 aliphatic carbocycles. The third kappa shape index (κ3) is 5.62. The summed E-state index contributed by atoms with van der Waals surface area (Å²) in [6, 6.07) is 10.2. The van der Waals surface area contributed by atoms with Gasteiger partial charge in [0, 0.05) is 11.8 Å². The fourth-order valence-corrected chi connectivity index (χ4v) is 2.73. The van der Waals surface area contributed by atoms with Crippen LogP contribution in [0.25, 0.3) is 0 Å². The molecule has 0 heterocycles. The lowest BCUT2D eigenvalue weighted by Gasteiger charge is -2.15. The number of rotatable bonds is 8. The molecule has 0 aliphatic rings. The van der Waals surface area contributed by atoms with Gasteiger partial charge in [0.05, 0.1) is 5.75 Å². The summed E-state index contributed by atoms with van der Waals surface area (Å²) >= 11 is 0. The topological polar surface area (TPSA) is 72.2 Å². The zero-order chi connectivity index (χ0) is 13.4. The predicted octanol–water partition coefficient (Wildman–Crippen LogP) is 1.28. The molecule has 0 bridgehead atoms. The summed E-state index contributed by atoms with van der Waals surface area (Å²) in [5, 5.41) is 0. The second-order valence-corrected chi connectivity index (χ2v) is 6.90. The van der Waals surface area contributed by atoms with Crippen molar-refractivity contribution in [2.45, 2.75) is 32.2 Å². The van der Waals surface area contributed by atoms with E-state index >= 15 is 0 Å².